The van der Waals surface area contributed by atoms with Crippen LogP contribution in [0.1, 0.15) is 49.7 Å². The maximum atomic E-state index is 11.4. The summed E-state index contributed by atoms with van der Waals surface area (Å²) >= 11 is 0. The predicted octanol–water partition coefficient (Wildman–Crippen LogP) is 4.55. The summed E-state index contributed by atoms with van der Waals surface area (Å²) in [7, 11) is 1.73. The zero-order valence-corrected chi connectivity index (χ0v) is 19.1. The van der Waals surface area contributed by atoms with E-state index in [0.717, 1.165) is 60.8 Å². The first-order valence-corrected chi connectivity index (χ1v) is 12.1. The number of hydrogen-bond donors (Lipinski definition) is 1. The van der Waals surface area contributed by atoms with Crippen molar-refractivity contribution in [3.05, 3.63) is 53.6 Å². The summed E-state index contributed by atoms with van der Waals surface area (Å²) in [4.78, 5) is 2.67. The Morgan fingerprint density at radius 1 is 0.969 bits per heavy atom. The first kappa shape index (κ1) is 21.6. The monoisotopic (exact) mass is 437 g/mol. The smallest absolute Gasteiger partial charge is 0.161 e. The Morgan fingerprint density at radius 2 is 1.72 bits per heavy atom. The molecule has 2 aliphatic heterocycles. The number of fused-ring (bicyclic) bond motifs is 1. The normalized spacial score (nSPS) is 26.6. The molecule has 0 bridgehead atoms. The summed E-state index contributed by atoms with van der Waals surface area (Å²) < 4.78 is 16.7. The molecule has 2 fully saturated rings. The average molecular weight is 438 g/mol. The first-order chi connectivity index (χ1) is 15.6. The number of ether oxygens (including phenoxy) is 3. The minimum atomic E-state index is -0.753. The fourth-order valence-corrected chi connectivity index (χ4v) is 5.72. The van der Waals surface area contributed by atoms with Gasteiger partial charge in [0.25, 0.3) is 0 Å². The van der Waals surface area contributed by atoms with Crippen LogP contribution in [0.4, 0.5) is 0 Å². The largest absolute Gasteiger partial charge is 0.497 e. The molecule has 1 saturated carbocycles. The third-order valence-electron chi connectivity index (χ3n) is 7.69. The second-order valence-corrected chi connectivity index (χ2v) is 9.66. The molecule has 1 N–H and O–H groups in total. The van der Waals surface area contributed by atoms with Crippen LogP contribution in [0.25, 0.3) is 0 Å². The van der Waals surface area contributed by atoms with E-state index in [1.807, 2.05) is 24.3 Å². The molecule has 0 spiro atoms. The van der Waals surface area contributed by atoms with Crippen LogP contribution >= 0.6 is 0 Å². The standard InChI is InChI=1S/C27H35NO4/c1-30-24-4-2-3-21(18-24)17-20-9-13-28(14-10-20)23-7-11-27(29,12-8-23)22-5-6-25-26(19-22)32-16-15-31-25/h2-6,18-20,23,29H,7-17H2,1H3. The van der Waals surface area contributed by atoms with Gasteiger partial charge >= 0.3 is 0 Å². The summed E-state index contributed by atoms with van der Waals surface area (Å²) in [5.41, 5.74) is 1.60. The molecule has 2 aromatic rings. The quantitative estimate of drug-likeness (QED) is 0.744. The summed E-state index contributed by atoms with van der Waals surface area (Å²) in [6.45, 7) is 3.50. The summed E-state index contributed by atoms with van der Waals surface area (Å²) in [6.07, 6.45) is 7.35. The molecule has 1 saturated heterocycles. The van der Waals surface area contributed by atoms with Crippen molar-refractivity contribution in [3.8, 4) is 17.2 Å². The van der Waals surface area contributed by atoms with Crippen molar-refractivity contribution in [2.24, 2.45) is 5.92 Å². The SMILES string of the molecule is COc1cccc(CC2CCN(C3CCC(O)(c4ccc5c(c4)OCCO5)CC3)CC2)c1. The summed E-state index contributed by atoms with van der Waals surface area (Å²) in [5, 5.41) is 11.4. The highest BCUT2D eigenvalue weighted by atomic mass is 16.6. The van der Waals surface area contributed by atoms with Crippen molar-refractivity contribution >= 4 is 0 Å². The van der Waals surface area contributed by atoms with E-state index in [2.05, 4.69) is 23.1 Å². The number of aliphatic hydroxyl groups is 1. The molecule has 5 nitrogen and oxygen atoms in total. The Morgan fingerprint density at radius 3 is 2.47 bits per heavy atom. The molecule has 5 rings (SSSR count). The summed E-state index contributed by atoms with van der Waals surface area (Å²) in [6, 6.07) is 15.0. The van der Waals surface area contributed by atoms with Crippen LogP contribution in [0, 0.1) is 5.92 Å². The van der Waals surface area contributed by atoms with Gasteiger partial charge in [-0.15, -0.1) is 0 Å². The second kappa shape index (κ2) is 9.32. The molecule has 5 heteroatoms. The summed E-state index contributed by atoms with van der Waals surface area (Å²) in [5.74, 6) is 3.25. The highest BCUT2D eigenvalue weighted by Gasteiger charge is 2.38. The molecule has 32 heavy (non-hydrogen) atoms. The van der Waals surface area contributed by atoms with Gasteiger partial charge in [0, 0.05) is 6.04 Å². The molecule has 2 aromatic carbocycles. The van der Waals surface area contributed by atoms with Gasteiger partial charge in [0.15, 0.2) is 11.5 Å². The van der Waals surface area contributed by atoms with Crippen LogP contribution in [0.3, 0.4) is 0 Å². The third-order valence-corrected chi connectivity index (χ3v) is 7.69. The number of piperidine rings is 1. The van der Waals surface area contributed by atoms with E-state index < -0.39 is 5.60 Å². The van der Waals surface area contributed by atoms with E-state index in [-0.39, 0.29) is 0 Å². The van der Waals surface area contributed by atoms with E-state index in [1.54, 1.807) is 7.11 Å². The fourth-order valence-electron chi connectivity index (χ4n) is 5.72. The van der Waals surface area contributed by atoms with Crippen molar-refractivity contribution in [1.29, 1.82) is 0 Å². The molecule has 3 aliphatic rings. The van der Waals surface area contributed by atoms with Gasteiger partial charge in [0.1, 0.15) is 19.0 Å². The van der Waals surface area contributed by atoms with E-state index in [0.29, 0.717) is 19.3 Å². The van der Waals surface area contributed by atoms with Crippen LogP contribution in [0.2, 0.25) is 0 Å². The zero-order valence-electron chi connectivity index (χ0n) is 19.1. The maximum absolute atomic E-state index is 11.4. The Labute approximate surface area is 191 Å². The lowest BCUT2D eigenvalue weighted by atomic mass is 9.76. The molecular formula is C27H35NO4. The van der Waals surface area contributed by atoms with Crippen LogP contribution in [0.5, 0.6) is 17.2 Å². The van der Waals surface area contributed by atoms with Crippen molar-refractivity contribution in [2.75, 3.05) is 33.4 Å². The maximum Gasteiger partial charge on any atom is 0.161 e. The lowest BCUT2D eigenvalue weighted by Gasteiger charge is -2.43. The highest BCUT2D eigenvalue weighted by Crippen LogP contribution is 2.42. The molecule has 0 atom stereocenters. The van der Waals surface area contributed by atoms with Crippen LogP contribution in [-0.2, 0) is 12.0 Å². The lowest BCUT2D eigenvalue weighted by Crippen LogP contribution is -2.46. The van der Waals surface area contributed by atoms with Crippen molar-refractivity contribution in [2.45, 2.75) is 56.6 Å². The molecule has 1 aliphatic carbocycles. The van der Waals surface area contributed by atoms with E-state index in [1.165, 1.54) is 31.5 Å². The van der Waals surface area contributed by atoms with Gasteiger partial charge < -0.3 is 24.2 Å². The number of rotatable bonds is 5. The van der Waals surface area contributed by atoms with Gasteiger partial charge in [-0.2, -0.15) is 0 Å². The predicted molar refractivity (Wildman–Crippen MR) is 125 cm³/mol. The lowest BCUT2D eigenvalue weighted by molar-refractivity contribution is -0.0298. The Kier molecular flexibility index (Phi) is 6.29. The van der Waals surface area contributed by atoms with Gasteiger partial charge in [-0.25, -0.2) is 0 Å². The molecule has 0 amide bonds. The van der Waals surface area contributed by atoms with Gasteiger partial charge in [-0.05, 0) is 99.3 Å². The Hall–Kier alpha value is -2.24. The molecule has 172 valence electrons. The topological polar surface area (TPSA) is 51.2 Å². The Balaban J connectivity index is 1.13. The van der Waals surface area contributed by atoms with Crippen molar-refractivity contribution in [1.82, 2.24) is 4.90 Å². The van der Waals surface area contributed by atoms with Gasteiger partial charge in [0.05, 0.1) is 12.7 Å². The number of benzene rings is 2. The average Bonchev–Trinajstić information content (AvgIpc) is 2.85. The third kappa shape index (κ3) is 4.60. The molecular weight excluding hydrogens is 402 g/mol. The van der Waals surface area contributed by atoms with Crippen LogP contribution in [0.15, 0.2) is 42.5 Å². The number of methoxy groups -OCH3 is 1. The first-order valence-electron chi connectivity index (χ1n) is 12.1. The van der Waals surface area contributed by atoms with Crippen molar-refractivity contribution < 1.29 is 19.3 Å². The minimum Gasteiger partial charge on any atom is -0.497 e. The van der Waals surface area contributed by atoms with Crippen LogP contribution < -0.4 is 14.2 Å². The zero-order chi connectivity index (χ0) is 22.0. The minimum absolute atomic E-state index is 0.574. The van der Waals surface area contributed by atoms with Gasteiger partial charge in [0.2, 0.25) is 0 Å². The number of likely N-dealkylation sites (tertiary alicyclic amines) is 1. The molecule has 0 unspecified atom stereocenters. The van der Waals surface area contributed by atoms with Crippen LogP contribution in [-0.4, -0.2) is 49.5 Å². The fraction of sp³-hybridized carbons (Fsp3) is 0.556. The molecule has 2 heterocycles. The van der Waals surface area contributed by atoms with E-state index >= 15 is 0 Å². The van der Waals surface area contributed by atoms with Crippen molar-refractivity contribution in [3.63, 3.8) is 0 Å². The Bertz CT molecular complexity index is 914. The molecule has 0 radical (unpaired) electrons. The van der Waals surface area contributed by atoms with E-state index in [9.17, 15) is 5.11 Å². The van der Waals surface area contributed by atoms with Gasteiger partial charge in [-0.3, -0.25) is 0 Å². The van der Waals surface area contributed by atoms with E-state index in [4.69, 9.17) is 14.2 Å². The van der Waals surface area contributed by atoms with Gasteiger partial charge in [-0.1, -0.05) is 18.2 Å². The number of hydrogen-bond acceptors (Lipinski definition) is 5. The number of nitrogens with zero attached hydrogens (tertiary/aromatic N) is 1. The molecule has 0 aromatic heterocycles. The highest BCUT2D eigenvalue weighted by molar-refractivity contribution is 5.45. The second-order valence-electron chi connectivity index (χ2n) is 9.66.